The number of ether oxygens (including phenoxy) is 1. The quantitative estimate of drug-likeness (QED) is 0.436. The molecule has 0 saturated heterocycles. The molecule has 1 aromatic carbocycles. The van der Waals surface area contributed by atoms with Crippen LogP contribution in [0.4, 0.5) is 5.69 Å². The van der Waals surface area contributed by atoms with Gasteiger partial charge in [0.05, 0.1) is 12.1 Å². The summed E-state index contributed by atoms with van der Waals surface area (Å²) in [7, 11) is 0. The Bertz CT molecular complexity index is 674. The van der Waals surface area contributed by atoms with Gasteiger partial charge in [-0.2, -0.15) is 0 Å². The fourth-order valence-electron chi connectivity index (χ4n) is 1.96. The molecule has 1 heterocycles. The van der Waals surface area contributed by atoms with E-state index in [1.165, 1.54) is 0 Å². The number of benzene rings is 1. The number of hydrazine groups is 1. The molecule has 4 amide bonds. The Morgan fingerprint density at radius 2 is 1.88 bits per heavy atom. The first-order valence-electron chi connectivity index (χ1n) is 7.33. The molecule has 0 spiro atoms. The van der Waals surface area contributed by atoms with Crippen LogP contribution in [0.2, 0.25) is 0 Å². The van der Waals surface area contributed by atoms with Gasteiger partial charge in [-0.05, 0) is 26.0 Å². The van der Waals surface area contributed by atoms with Gasteiger partial charge in [0.2, 0.25) is 5.91 Å². The number of anilines is 1. The Morgan fingerprint density at radius 3 is 2.58 bits per heavy atom. The smallest absolute Gasteiger partial charge is 0.327 e. The Kier molecular flexibility index (Phi) is 5.35. The summed E-state index contributed by atoms with van der Waals surface area (Å²) in [5.41, 5.74) is 4.57. The van der Waals surface area contributed by atoms with Gasteiger partial charge >= 0.3 is 11.8 Å². The summed E-state index contributed by atoms with van der Waals surface area (Å²) in [6.45, 7) is 3.39. The lowest BCUT2D eigenvalue weighted by Gasteiger charge is -2.25. The first-order valence-corrected chi connectivity index (χ1v) is 7.33. The van der Waals surface area contributed by atoms with E-state index in [0.29, 0.717) is 11.4 Å². The van der Waals surface area contributed by atoms with E-state index in [-0.39, 0.29) is 12.5 Å². The third-order valence-electron chi connectivity index (χ3n) is 3.02. The van der Waals surface area contributed by atoms with E-state index in [1.807, 2.05) is 5.43 Å². The van der Waals surface area contributed by atoms with E-state index >= 15 is 0 Å². The summed E-state index contributed by atoms with van der Waals surface area (Å²) in [4.78, 5) is 46.5. The number of carbonyl (C=O) groups is 4. The fourth-order valence-corrected chi connectivity index (χ4v) is 1.96. The lowest BCUT2D eigenvalue weighted by atomic mass is 10.1. The highest BCUT2D eigenvalue weighted by atomic mass is 16.5. The second-order valence-corrected chi connectivity index (χ2v) is 5.43. The first-order chi connectivity index (χ1) is 11.4. The minimum absolute atomic E-state index is 0.210. The van der Waals surface area contributed by atoms with Crippen LogP contribution in [0.5, 0.6) is 5.75 Å². The second-order valence-electron chi connectivity index (χ2n) is 5.43. The Labute approximate surface area is 138 Å². The van der Waals surface area contributed by atoms with Gasteiger partial charge in [-0.15, -0.1) is 0 Å². The van der Waals surface area contributed by atoms with Gasteiger partial charge in [-0.3, -0.25) is 30.0 Å². The van der Waals surface area contributed by atoms with Crippen molar-refractivity contribution in [2.75, 3.05) is 5.32 Å². The van der Waals surface area contributed by atoms with Crippen molar-refractivity contribution < 1.29 is 23.9 Å². The van der Waals surface area contributed by atoms with Gasteiger partial charge in [0.1, 0.15) is 5.75 Å². The van der Waals surface area contributed by atoms with Crippen LogP contribution in [0.3, 0.4) is 0 Å². The topological polar surface area (TPSA) is 126 Å². The molecule has 0 saturated carbocycles. The number of hydrogen-bond donors (Lipinski definition) is 4. The predicted molar refractivity (Wildman–Crippen MR) is 83.7 cm³/mol. The Hall–Kier alpha value is -3.10. The molecule has 128 valence electrons. The standard InChI is InChI=1S/C15H18N4O5/c1-8(2)16-14(22)15(23)19-18-12(20)7-11-13(21)17-9-5-3-4-6-10(9)24-11/h3-6,8,11H,7H2,1-2H3,(H,16,22)(H,17,21)(H,18,20)(H,19,23)/t11-/m0/s1. The minimum atomic E-state index is -1.03. The van der Waals surface area contributed by atoms with Gasteiger partial charge in [-0.25, -0.2) is 0 Å². The number of fused-ring (bicyclic) bond motifs is 1. The number of carbonyl (C=O) groups excluding carboxylic acids is 4. The highest BCUT2D eigenvalue weighted by Gasteiger charge is 2.29. The van der Waals surface area contributed by atoms with E-state index in [2.05, 4.69) is 16.1 Å². The van der Waals surface area contributed by atoms with Gasteiger partial charge in [0, 0.05) is 6.04 Å². The van der Waals surface area contributed by atoms with Crippen molar-refractivity contribution in [1.29, 1.82) is 0 Å². The largest absolute Gasteiger partial charge is 0.478 e. The number of hydrogen-bond acceptors (Lipinski definition) is 5. The highest BCUT2D eigenvalue weighted by molar-refractivity contribution is 6.35. The zero-order valence-electron chi connectivity index (χ0n) is 13.2. The van der Waals surface area contributed by atoms with E-state index in [9.17, 15) is 19.2 Å². The van der Waals surface area contributed by atoms with Crippen molar-refractivity contribution in [2.45, 2.75) is 32.4 Å². The highest BCUT2D eigenvalue weighted by Crippen LogP contribution is 2.29. The maximum atomic E-state index is 11.9. The van der Waals surface area contributed by atoms with Gasteiger partial charge in [0.15, 0.2) is 6.10 Å². The van der Waals surface area contributed by atoms with Crippen molar-refractivity contribution in [3.8, 4) is 5.75 Å². The second kappa shape index (κ2) is 7.44. The third kappa shape index (κ3) is 4.45. The molecule has 9 heteroatoms. The monoisotopic (exact) mass is 334 g/mol. The molecule has 9 nitrogen and oxygen atoms in total. The summed E-state index contributed by atoms with van der Waals surface area (Å²) in [5.74, 6) is -2.55. The van der Waals surface area contributed by atoms with Crippen molar-refractivity contribution in [1.82, 2.24) is 16.2 Å². The zero-order valence-corrected chi connectivity index (χ0v) is 13.2. The average Bonchev–Trinajstić information content (AvgIpc) is 2.52. The SMILES string of the molecule is CC(C)NC(=O)C(=O)NNC(=O)C[C@@H]1Oc2ccccc2NC1=O. The fraction of sp³-hybridized carbons (Fsp3) is 0.333. The molecular weight excluding hydrogens is 316 g/mol. The van der Waals surface area contributed by atoms with Crippen LogP contribution in [0.25, 0.3) is 0 Å². The predicted octanol–water partition coefficient (Wildman–Crippen LogP) is -0.552. The first kappa shape index (κ1) is 17.3. The number of amides is 4. The molecule has 0 unspecified atom stereocenters. The van der Waals surface area contributed by atoms with Crippen molar-refractivity contribution >= 4 is 29.3 Å². The van der Waals surface area contributed by atoms with Gasteiger partial charge in [0.25, 0.3) is 5.91 Å². The van der Waals surface area contributed by atoms with Crippen LogP contribution in [-0.2, 0) is 19.2 Å². The summed E-state index contributed by atoms with van der Waals surface area (Å²) < 4.78 is 5.46. The maximum absolute atomic E-state index is 11.9. The maximum Gasteiger partial charge on any atom is 0.327 e. The van der Waals surface area contributed by atoms with Crippen LogP contribution in [0.1, 0.15) is 20.3 Å². The van der Waals surface area contributed by atoms with E-state index in [4.69, 9.17) is 4.74 Å². The molecule has 0 bridgehead atoms. The summed E-state index contributed by atoms with van der Waals surface area (Å²) in [5, 5.41) is 5.00. The van der Waals surface area contributed by atoms with Crippen LogP contribution >= 0.6 is 0 Å². The molecule has 1 aliphatic heterocycles. The van der Waals surface area contributed by atoms with Gasteiger partial charge < -0.3 is 15.4 Å². The molecule has 0 fully saturated rings. The van der Waals surface area contributed by atoms with Crippen molar-refractivity contribution in [3.63, 3.8) is 0 Å². The molecule has 1 aromatic rings. The Morgan fingerprint density at radius 1 is 1.17 bits per heavy atom. The van der Waals surface area contributed by atoms with E-state index in [0.717, 1.165) is 0 Å². The number of rotatable bonds is 3. The van der Waals surface area contributed by atoms with Crippen LogP contribution in [-0.4, -0.2) is 35.8 Å². The van der Waals surface area contributed by atoms with Crippen molar-refractivity contribution in [3.05, 3.63) is 24.3 Å². The summed E-state index contributed by atoms with van der Waals surface area (Å²) in [6.07, 6.45) is -1.34. The van der Waals surface area contributed by atoms with Crippen LogP contribution < -0.4 is 26.2 Å². The molecule has 24 heavy (non-hydrogen) atoms. The molecule has 0 aliphatic carbocycles. The molecule has 2 rings (SSSR count). The summed E-state index contributed by atoms with van der Waals surface area (Å²) >= 11 is 0. The molecule has 4 N–H and O–H groups in total. The molecule has 0 aromatic heterocycles. The Balaban J connectivity index is 1.84. The molecule has 1 atom stereocenters. The third-order valence-corrected chi connectivity index (χ3v) is 3.02. The minimum Gasteiger partial charge on any atom is -0.478 e. The average molecular weight is 334 g/mol. The van der Waals surface area contributed by atoms with Crippen molar-refractivity contribution in [2.24, 2.45) is 0 Å². The van der Waals surface area contributed by atoms with Gasteiger partial charge in [-0.1, -0.05) is 12.1 Å². The summed E-state index contributed by atoms with van der Waals surface area (Å²) in [6, 6.07) is 6.61. The number of nitrogens with one attached hydrogen (secondary N) is 4. The molecular formula is C15H18N4O5. The molecule has 1 aliphatic rings. The van der Waals surface area contributed by atoms with Crippen LogP contribution in [0, 0.1) is 0 Å². The lowest BCUT2D eigenvalue weighted by Crippen LogP contribution is -2.51. The number of para-hydroxylation sites is 2. The van der Waals surface area contributed by atoms with E-state index in [1.54, 1.807) is 38.1 Å². The van der Waals surface area contributed by atoms with Crippen LogP contribution in [0.15, 0.2) is 24.3 Å². The lowest BCUT2D eigenvalue weighted by molar-refractivity contribution is -0.141. The molecule has 0 radical (unpaired) electrons. The normalized spacial score (nSPS) is 15.6. The zero-order chi connectivity index (χ0) is 17.7. The van der Waals surface area contributed by atoms with E-state index < -0.39 is 29.7 Å².